The monoisotopic (exact) mass is 496 g/mol. The number of nitrogens with zero attached hydrogens (tertiary/aromatic N) is 2. The van der Waals surface area contributed by atoms with Crippen molar-refractivity contribution in [3.63, 3.8) is 0 Å². The highest BCUT2D eigenvalue weighted by atomic mass is 32.1. The topological polar surface area (TPSA) is 52.0 Å². The minimum Gasteiger partial charge on any atom is -0.294 e. The third-order valence-electron chi connectivity index (χ3n) is 7.13. The fraction of sp³-hybridized carbons (Fsp3) is 0.323. The molecule has 0 N–H and O–H groups in total. The number of rotatable bonds is 5. The highest BCUT2D eigenvalue weighted by molar-refractivity contribution is 7.13. The summed E-state index contributed by atoms with van der Waals surface area (Å²) in [6, 6.07) is 16.3. The molecule has 0 atom stereocenters. The number of benzene rings is 2. The second-order valence-corrected chi connectivity index (χ2v) is 11.4. The fourth-order valence-electron chi connectivity index (χ4n) is 5.34. The minimum absolute atomic E-state index is 0.0961. The van der Waals surface area contributed by atoms with Crippen LogP contribution < -0.4 is 5.56 Å². The summed E-state index contributed by atoms with van der Waals surface area (Å²) in [5, 5.41) is 2.65. The van der Waals surface area contributed by atoms with Crippen molar-refractivity contribution in [1.29, 1.82) is 0 Å². The van der Waals surface area contributed by atoms with Crippen molar-refractivity contribution in [2.75, 3.05) is 0 Å². The normalized spacial score (nSPS) is 14.6. The van der Waals surface area contributed by atoms with E-state index in [1.807, 2.05) is 28.1 Å². The van der Waals surface area contributed by atoms with Gasteiger partial charge >= 0.3 is 0 Å². The van der Waals surface area contributed by atoms with Gasteiger partial charge in [0.05, 0.1) is 16.9 Å². The number of fused-ring (bicyclic) bond motifs is 1. The summed E-state index contributed by atoms with van der Waals surface area (Å²) in [4.78, 5) is 32.6. The Bertz CT molecular complexity index is 1520. The maximum absolute atomic E-state index is 14.3. The molecule has 0 radical (unpaired) electrons. The molecule has 0 saturated carbocycles. The van der Waals surface area contributed by atoms with Gasteiger partial charge in [-0.05, 0) is 54.9 Å². The van der Waals surface area contributed by atoms with Crippen molar-refractivity contribution in [1.82, 2.24) is 9.55 Å². The number of aryl methyl sites for hydroxylation is 3. The fourth-order valence-corrected chi connectivity index (χ4v) is 6.18. The first kappa shape index (κ1) is 24.4. The molecule has 0 saturated heterocycles. The average Bonchev–Trinajstić information content (AvgIpc) is 3.33. The zero-order valence-corrected chi connectivity index (χ0v) is 22.5. The van der Waals surface area contributed by atoms with Gasteiger partial charge in [0.2, 0.25) is 0 Å². The highest BCUT2D eigenvalue weighted by Gasteiger charge is 2.35. The molecule has 36 heavy (non-hydrogen) atoms. The van der Waals surface area contributed by atoms with Gasteiger partial charge in [0, 0.05) is 28.6 Å². The second kappa shape index (κ2) is 9.29. The predicted octanol–water partition coefficient (Wildman–Crippen LogP) is 7.22. The minimum atomic E-state index is -0.202. The molecule has 0 aliphatic heterocycles. The molecule has 0 bridgehead atoms. The van der Waals surface area contributed by atoms with Crippen LogP contribution >= 0.6 is 11.3 Å². The lowest BCUT2D eigenvalue weighted by Crippen LogP contribution is -2.35. The summed E-state index contributed by atoms with van der Waals surface area (Å²) >= 11 is 1.46. The quantitative estimate of drug-likeness (QED) is 0.293. The first-order valence-electron chi connectivity index (χ1n) is 12.7. The number of para-hydroxylation sites is 1. The van der Waals surface area contributed by atoms with Gasteiger partial charge in [-0.2, -0.15) is 0 Å². The standard InChI is InChI=1S/C31H32N2O2S/c1-6-20-11-9-12-21(7-2)28(20)33-26-16-31(4,5)17-27(34)23(26)15-24(30(33)35)29-32-25(18-36-29)22-13-8-10-19(3)14-22/h8-15,18H,6-7,16-17H2,1-5H3. The van der Waals surface area contributed by atoms with E-state index < -0.39 is 0 Å². The molecule has 1 aliphatic rings. The summed E-state index contributed by atoms with van der Waals surface area (Å²) in [6.07, 6.45) is 2.76. The first-order valence-corrected chi connectivity index (χ1v) is 13.6. The van der Waals surface area contributed by atoms with Gasteiger partial charge in [0.1, 0.15) is 5.01 Å². The number of hydrogen-bond acceptors (Lipinski definition) is 4. The molecule has 0 spiro atoms. The Hall–Kier alpha value is -3.31. The van der Waals surface area contributed by atoms with Gasteiger partial charge in [0.15, 0.2) is 5.78 Å². The molecule has 1 aliphatic carbocycles. The molecule has 4 nitrogen and oxygen atoms in total. The molecule has 4 aromatic rings. The van der Waals surface area contributed by atoms with E-state index in [-0.39, 0.29) is 16.8 Å². The van der Waals surface area contributed by atoms with E-state index in [0.717, 1.165) is 52.2 Å². The van der Waals surface area contributed by atoms with Crippen LogP contribution in [-0.2, 0) is 19.3 Å². The number of Topliss-reactive ketones (excluding diaryl/α,β-unsaturated/α-hetero) is 1. The average molecular weight is 497 g/mol. The van der Waals surface area contributed by atoms with Crippen LogP contribution in [-0.4, -0.2) is 15.3 Å². The third kappa shape index (κ3) is 4.26. The molecule has 2 heterocycles. The number of carbonyl (C=O) groups is 1. The predicted molar refractivity (Wildman–Crippen MR) is 149 cm³/mol. The molecular formula is C31H32N2O2S. The third-order valence-corrected chi connectivity index (χ3v) is 8.00. The van der Waals surface area contributed by atoms with Crippen molar-refractivity contribution >= 4 is 17.1 Å². The van der Waals surface area contributed by atoms with Gasteiger partial charge in [-0.15, -0.1) is 11.3 Å². The zero-order valence-electron chi connectivity index (χ0n) is 21.6. The van der Waals surface area contributed by atoms with Crippen LogP contribution in [0.4, 0.5) is 0 Å². The molecule has 184 valence electrons. The summed E-state index contributed by atoms with van der Waals surface area (Å²) in [5.41, 5.74) is 7.89. The summed E-state index contributed by atoms with van der Waals surface area (Å²) in [5.74, 6) is 0.0961. The molecule has 0 amide bonds. The Morgan fingerprint density at radius 2 is 1.64 bits per heavy atom. The van der Waals surface area contributed by atoms with Crippen molar-refractivity contribution in [2.24, 2.45) is 5.41 Å². The van der Waals surface area contributed by atoms with Crippen LogP contribution in [0, 0.1) is 12.3 Å². The smallest absolute Gasteiger partial charge is 0.265 e. The van der Waals surface area contributed by atoms with E-state index in [4.69, 9.17) is 4.98 Å². The van der Waals surface area contributed by atoms with E-state index in [0.29, 0.717) is 29.0 Å². The van der Waals surface area contributed by atoms with E-state index in [2.05, 4.69) is 65.0 Å². The SMILES string of the molecule is CCc1cccc(CC)c1-n1c2c(cc(-c3nc(-c4cccc(C)c4)cs3)c1=O)C(=O)CC(C)(C)C2. The van der Waals surface area contributed by atoms with Gasteiger partial charge in [-0.3, -0.25) is 14.2 Å². The van der Waals surface area contributed by atoms with E-state index in [1.165, 1.54) is 11.3 Å². The molecule has 0 unspecified atom stereocenters. The second-order valence-electron chi connectivity index (χ2n) is 10.5. The Morgan fingerprint density at radius 3 is 2.31 bits per heavy atom. The maximum atomic E-state index is 14.3. The summed E-state index contributed by atoms with van der Waals surface area (Å²) in [7, 11) is 0. The van der Waals surface area contributed by atoms with Crippen LogP contribution in [0.5, 0.6) is 0 Å². The number of thiazole rings is 1. The van der Waals surface area contributed by atoms with Crippen molar-refractivity contribution in [3.8, 4) is 27.5 Å². The van der Waals surface area contributed by atoms with Crippen LogP contribution in [0.1, 0.15) is 66.9 Å². The van der Waals surface area contributed by atoms with Gasteiger partial charge in [0.25, 0.3) is 5.56 Å². The van der Waals surface area contributed by atoms with E-state index in [9.17, 15) is 9.59 Å². The lowest BCUT2D eigenvalue weighted by Gasteiger charge is -2.33. The van der Waals surface area contributed by atoms with Gasteiger partial charge < -0.3 is 0 Å². The van der Waals surface area contributed by atoms with Gasteiger partial charge in [-0.25, -0.2) is 4.98 Å². The lowest BCUT2D eigenvalue weighted by atomic mass is 9.75. The molecule has 2 aromatic carbocycles. The Labute approximate surface area is 216 Å². The Kier molecular flexibility index (Phi) is 6.29. The van der Waals surface area contributed by atoms with Crippen LogP contribution in [0.25, 0.3) is 27.5 Å². The summed E-state index contributed by atoms with van der Waals surface area (Å²) < 4.78 is 1.86. The van der Waals surface area contributed by atoms with E-state index >= 15 is 0 Å². The molecule has 2 aromatic heterocycles. The number of carbonyl (C=O) groups excluding carboxylic acids is 1. The van der Waals surface area contributed by atoms with Crippen LogP contribution in [0.3, 0.4) is 0 Å². The van der Waals surface area contributed by atoms with Gasteiger partial charge in [-0.1, -0.05) is 69.7 Å². The largest absolute Gasteiger partial charge is 0.294 e. The Balaban J connectivity index is 1.80. The lowest BCUT2D eigenvalue weighted by molar-refractivity contribution is 0.0909. The zero-order chi connectivity index (χ0) is 25.6. The maximum Gasteiger partial charge on any atom is 0.265 e. The van der Waals surface area contributed by atoms with Crippen LogP contribution in [0.2, 0.25) is 0 Å². The molecule has 5 rings (SSSR count). The van der Waals surface area contributed by atoms with E-state index in [1.54, 1.807) is 0 Å². The van der Waals surface area contributed by atoms with Crippen molar-refractivity contribution in [2.45, 2.75) is 60.3 Å². The number of pyridine rings is 1. The highest BCUT2D eigenvalue weighted by Crippen LogP contribution is 2.38. The summed E-state index contributed by atoms with van der Waals surface area (Å²) in [6.45, 7) is 10.5. The number of hydrogen-bond donors (Lipinski definition) is 0. The molecule has 0 fully saturated rings. The number of aromatic nitrogens is 2. The van der Waals surface area contributed by atoms with Crippen LogP contribution in [0.15, 0.2) is 58.7 Å². The van der Waals surface area contributed by atoms with Crippen molar-refractivity contribution < 1.29 is 4.79 Å². The molecule has 5 heteroatoms. The number of ketones is 1. The molecular weight excluding hydrogens is 464 g/mol. The Morgan fingerprint density at radius 1 is 0.944 bits per heavy atom. The van der Waals surface area contributed by atoms with Crippen molar-refractivity contribution in [3.05, 3.63) is 92.2 Å². The first-order chi connectivity index (χ1) is 17.2.